The van der Waals surface area contributed by atoms with Gasteiger partial charge in [-0.3, -0.25) is 0 Å². The lowest BCUT2D eigenvalue weighted by atomic mass is 9.97. The highest BCUT2D eigenvalue weighted by Crippen LogP contribution is 2.43. The van der Waals surface area contributed by atoms with E-state index >= 15 is 0 Å². The van der Waals surface area contributed by atoms with Crippen molar-refractivity contribution in [1.29, 1.82) is 0 Å². The van der Waals surface area contributed by atoms with Crippen LogP contribution in [0.3, 0.4) is 0 Å². The van der Waals surface area contributed by atoms with Crippen LogP contribution in [0.5, 0.6) is 0 Å². The van der Waals surface area contributed by atoms with Gasteiger partial charge in [-0.15, -0.1) is 0 Å². The summed E-state index contributed by atoms with van der Waals surface area (Å²) in [5.74, 6) is 1.65. The molecule has 0 amide bonds. The molecule has 4 nitrogen and oxygen atoms in total. The second-order valence-electron chi connectivity index (χ2n) is 13.6. The molecule has 2 saturated heterocycles. The van der Waals surface area contributed by atoms with Gasteiger partial charge in [-0.2, -0.15) is 0 Å². The first-order chi connectivity index (χ1) is 21.0. The molecule has 4 heteroatoms. The van der Waals surface area contributed by atoms with Crippen molar-refractivity contribution in [3.05, 3.63) is 72.3 Å². The summed E-state index contributed by atoms with van der Waals surface area (Å²) in [6, 6.07) is 25.1. The van der Waals surface area contributed by atoms with Crippen LogP contribution in [0.4, 0.5) is 11.4 Å². The molecule has 216 valence electrons. The van der Waals surface area contributed by atoms with E-state index in [-0.39, 0.29) is 0 Å². The molecule has 0 N–H and O–H groups in total. The number of aryl methyl sites for hydroxylation is 1. The lowest BCUT2D eigenvalue weighted by Gasteiger charge is -2.32. The molecular formula is C39H38N2O2. The van der Waals surface area contributed by atoms with Crippen LogP contribution in [-0.2, 0) is 0 Å². The summed E-state index contributed by atoms with van der Waals surface area (Å²) < 4.78 is 13.3. The van der Waals surface area contributed by atoms with Crippen molar-refractivity contribution in [2.45, 2.75) is 46.5 Å². The number of hydrogen-bond acceptors (Lipinski definition) is 4. The van der Waals surface area contributed by atoms with Gasteiger partial charge in [0.15, 0.2) is 11.2 Å². The average Bonchev–Trinajstić information content (AvgIpc) is 3.57. The van der Waals surface area contributed by atoms with E-state index in [4.69, 9.17) is 8.83 Å². The Morgan fingerprint density at radius 1 is 0.535 bits per heavy atom. The van der Waals surface area contributed by atoms with E-state index in [1.807, 2.05) is 0 Å². The minimum atomic E-state index is 0.824. The first-order valence-corrected chi connectivity index (χ1v) is 16.2. The maximum atomic E-state index is 6.67. The number of hydrogen-bond donors (Lipinski definition) is 0. The Labute approximate surface area is 251 Å². The molecule has 0 spiro atoms. The van der Waals surface area contributed by atoms with Gasteiger partial charge >= 0.3 is 0 Å². The molecule has 2 fully saturated rings. The van der Waals surface area contributed by atoms with Crippen LogP contribution in [0.2, 0.25) is 0 Å². The van der Waals surface area contributed by atoms with Gasteiger partial charge in [0.1, 0.15) is 11.2 Å². The second kappa shape index (κ2) is 9.41. The first-order valence-electron chi connectivity index (χ1n) is 16.2. The van der Waals surface area contributed by atoms with Gasteiger partial charge in [0, 0.05) is 59.1 Å². The number of anilines is 2. The molecule has 7 aromatic rings. The molecule has 0 bridgehead atoms. The van der Waals surface area contributed by atoms with Crippen molar-refractivity contribution >= 4 is 76.8 Å². The van der Waals surface area contributed by atoms with Gasteiger partial charge in [0.2, 0.25) is 0 Å². The summed E-state index contributed by atoms with van der Waals surface area (Å²) in [4.78, 5) is 5.06. The third kappa shape index (κ3) is 4.02. The lowest BCUT2D eigenvalue weighted by molar-refractivity contribution is 0.438. The van der Waals surface area contributed by atoms with Crippen molar-refractivity contribution in [1.82, 2.24) is 0 Å². The fourth-order valence-electron chi connectivity index (χ4n) is 7.75. The van der Waals surface area contributed by atoms with Gasteiger partial charge < -0.3 is 18.6 Å². The molecule has 0 aliphatic carbocycles. The van der Waals surface area contributed by atoms with E-state index in [1.54, 1.807) is 0 Å². The summed E-state index contributed by atoms with van der Waals surface area (Å²) in [6.07, 6.45) is 5.06. The van der Waals surface area contributed by atoms with E-state index in [2.05, 4.69) is 97.3 Å². The van der Waals surface area contributed by atoms with E-state index in [9.17, 15) is 0 Å². The van der Waals surface area contributed by atoms with Gasteiger partial charge in [0.05, 0.1) is 0 Å². The fraction of sp³-hybridized carbons (Fsp3) is 0.333. The topological polar surface area (TPSA) is 32.8 Å². The van der Waals surface area contributed by atoms with Gasteiger partial charge in [0.25, 0.3) is 0 Å². The molecule has 2 aliphatic rings. The van der Waals surface area contributed by atoms with Crippen LogP contribution in [0.15, 0.2) is 75.6 Å². The van der Waals surface area contributed by atoms with Crippen molar-refractivity contribution in [2.24, 2.45) is 11.8 Å². The summed E-state index contributed by atoms with van der Waals surface area (Å²) in [5, 5.41) is 9.54. The van der Waals surface area contributed by atoms with Crippen LogP contribution in [0.25, 0.3) is 65.4 Å². The minimum absolute atomic E-state index is 0.824. The Kier molecular flexibility index (Phi) is 5.54. The Morgan fingerprint density at radius 3 is 1.63 bits per heavy atom. The zero-order chi connectivity index (χ0) is 28.8. The SMILES string of the molecule is Cc1cc2c3cc4ccc(N5CCC(C)CC5)cc4cc3oc2c2oc3cc4cc(N5CCC(C)CC5)ccc4cc3c12. The average molecular weight is 567 g/mol. The van der Waals surface area contributed by atoms with E-state index in [0.29, 0.717) is 0 Å². The zero-order valence-corrected chi connectivity index (χ0v) is 25.4. The van der Waals surface area contributed by atoms with Crippen LogP contribution in [0.1, 0.15) is 45.1 Å². The minimum Gasteiger partial charge on any atom is -0.452 e. The summed E-state index contributed by atoms with van der Waals surface area (Å²) in [5.41, 5.74) is 7.40. The zero-order valence-electron chi connectivity index (χ0n) is 25.4. The van der Waals surface area contributed by atoms with Crippen LogP contribution < -0.4 is 9.80 Å². The molecule has 2 aromatic heterocycles. The largest absolute Gasteiger partial charge is 0.452 e. The van der Waals surface area contributed by atoms with Crippen LogP contribution in [-0.4, -0.2) is 26.2 Å². The van der Waals surface area contributed by atoms with Crippen molar-refractivity contribution < 1.29 is 8.83 Å². The van der Waals surface area contributed by atoms with Crippen molar-refractivity contribution in [3.8, 4) is 0 Å². The Morgan fingerprint density at radius 2 is 1.05 bits per heavy atom. The quantitative estimate of drug-likeness (QED) is 0.208. The van der Waals surface area contributed by atoms with Crippen LogP contribution >= 0.6 is 0 Å². The number of benzene rings is 5. The summed E-state index contributed by atoms with van der Waals surface area (Å²) >= 11 is 0. The molecule has 5 aromatic carbocycles. The standard InChI is InChI=1S/C39H38N2O2/c1-23-8-12-40(13-9-23)30-6-4-26-19-32-33-16-25(3)37-34-20-27-5-7-31(41-14-10-24(2)11-15-41)18-29(27)22-36(34)43-39(37)38(33)42-35(32)21-28(26)17-30/h4-7,16-24H,8-15H2,1-3H3. The van der Waals surface area contributed by atoms with Crippen molar-refractivity contribution in [3.63, 3.8) is 0 Å². The molecular weight excluding hydrogens is 528 g/mol. The molecule has 43 heavy (non-hydrogen) atoms. The molecule has 0 atom stereocenters. The fourth-order valence-corrected chi connectivity index (χ4v) is 7.75. The summed E-state index contributed by atoms with van der Waals surface area (Å²) in [6.45, 7) is 11.5. The third-order valence-electron chi connectivity index (χ3n) is 10.6. The second-order valence-corrected chi connectivity index (χ2v) is 13.6. The Balaban J connectivity index is 1.17. The third-order valence-corrected chi connectivity index (χ3v) is 10.6. The molecule has 0 unspecified atom stereocenters. The predicted octanol–water partition coefficient (Wildman–Crippen LogP) is 10.6. The molecule has 0 saturated carbocycles. The highest BCUT2D eigenvalue weighted by molar-refractivity contribution is 6.22. The predicted molar refractivity (Wildman–Crippen MR) is 182 cm³/mol. The van der Waals surface area contributed by atoms with Crippen molar-refractivity contribution in [2.75, 3.05) is 36.0 Å². The van der Waals surface area contributed by atoms with E-state index in [1.165, 1.54) is 64.2 Å². The van der Waals surface area contributed by atoms with Gasteiger partial charge in [-0.25, -0.2) is 0 Å². The number of piperidine rings is 2. The number of rotatable bonds is 2. The maximum absolute atomic E-state index is 6.67. The monoisotopic (exact) mass is 566 g/mol. The van der Waals surface area contributed by atoms with Crippen LogP contribution in [0, 0.1) is 18.8 Å². The van der Waals surface area contributed by atoms with E-state index in [0.717, 1.165) is 81.9 Å². The normalized spacial score (nSPS) is 17.6. The van der Waals surface area contributed by atoms with Gasteiger partial charge in [-0.05, 0) is 126 Å². The molecule has 9 rings (SSSR count). The summed E-state index contributed by atoms with van der Waals surface area (Å²) in [7, 11) is 0. The first kappa shape index (κ1) is 25.3. The molecule has 0 radical (unpaired) electrons. The Bertz CT molecular complexity index is 2200. The molecule has 2 aliphatic heterocycles. The number of nitrogens with zero attached hydrogens (tertiary/aromatic N) is 2. The lowest BCUT2D eigenvalue weighted by Crippen LogP contribution is -2.32. The van der Waals surface area contributed by atoms with E-state index < -0.39 is 0 Å². The number of furan rings is 2. The molecule has 4 heterocycles. The van der Waals surface area contributed by atoms with Gasteiger partial charge in [-0.1, -0.05) is 26.0 Å². The number of fused-ring (bicyclic) bond motifs is 9. The highest BCUT2D eigenvalue weighted by Gasteiger charge is 2.21. The maximum Gasteiger partial charge on any atom is 0.178 e. The Hall–Kier alpha value is -4.18. The smallest absolute Gasteiger partial charge is 0.178 e. The highest BCUT2D eigenvalue weighted by atomic mass is 16.4.